The van der Waals surface area contributed by atoms with Crippen LogP contribution in [0.5, 0.6) is 0 Å². The first-order chi connectivity index (χ1) is 6.32. The fraction of sp³-hybridized carbons (Fsp3) is 0.538. The van der Waals surface area contributed by atoms with Crippen molar-refractivity contribution in [2.75, 3.05) is 14.1 Å². The third kappa shape index (κ3) is 2.28. The van der Waals surface area contributed by atoms with Crippen molar-refractivity contribution < 1.29 is 0 Å². The number of hydrogen-bond acceptors (Lipinski definition) is 1. The Morgan fingerprint density at radius 1 is 1.14 bits per heavy atom. The fourth-order valence-electron chi connectivity index (χ4n) is 1.39. The summed E-state index contributed by atoms with van der Waals surface area (Å²) in [6.07, 6.45) is 6.72. The zero-order valence-electron chi connectivity index (χ0n) is 10.2. The van der Waals surface area contributed by atoms with Crippen LogP contribution >= 0.6 is 0 Å². The van der Waals surface area contributed by atoms with Crippen LogP contribution in [0, 0.1) is 5.41 Å². The van der Waals surface area contributed by atoms with E-state index in [1.54, 1.807) is 0 Å². The van der Waals surface area contributed by atoms with Gasteiger partial charge in [0.25, 0.3) is 0 Å². The molecule has 0 amide bonds. The molecule has 1 aliphatic carbocycles. The van der Waals surface area contributed by atoms with Crippen LogP contribution in [0.25, 0.3) is 0 Å². The Labute approximate surface area is 87.8 Å². The molecule has 14 heavy (non-hydrogen) atoms. The van der Waals surface area contributed by atoms with E-state index in [4.69, 9.17) is 0 Å². The topological polar surface area (TPSA) is 3.24 Å². The summed E-state index contributed by atoms with van der Waals surface area (Å²) in [7, 11) is 4.16. The second kappa shape index (κ2) is 3.64. The first-order valence-corrected chi connectivity index (χ1v) is 5.11. The molecule has 1 nitrogen and oxygen atoms in total. The van der Waals surface area contributed by atoms with Crippen molar-refractivity contribution in [2.45, 2.75) is 27.7 Å². The van der Waals surface area contributed by atoms with Crippen molar-refractivity contribution in [1.82, 2.24) is 4.90 Å². The molecule has 0 aliphatic heterocycles. The van der Waals surface area contributed by atoms with Crippen LogP contribution in [0.15, 0.2) is 35.1 Å². The van der Waals surface area contributed by atoms with Gasteiger partial charge in [0.2, 0.25) is 0 Å². The molecule has 0 fully saturated rings. The van der Waals surface area contributed by atoms with E-state index in [-0.39, 0.29) is 5.41 Å². The monoisotopic (exact) mass is 191 g/mol. The molecule has 0 atom stereocenters. The highest BCUT2D eigenvalue weighted by Gasteiger charge is 2.18. The van der Waals surface area contributed by atoms with Gasteiger partial charge in [-0.05, 0) is 29.6 Å². The quantitative estimate of drug-likeness (QED) is 0.614. The summed E-state index contributed by atoms with van der Waals surface area (Å²) in [6.45, 7) is 8.90. The van der Waals surface area contributed by atoms with Gasteiger partial charge in [-0.25, -0.2) is 0 Å². The van der Waals surface area contributed by atoms with Gasteiger partial charge in [-0.15, -0.1) is 0 Å². The Morgan fingerprint density at radius 3 is 2.07 bits per heavy atom. The largest absolute Gasteiger partial charge is 0.381 e. The van der Waals surface area contributed by atoms with Crippen molar-refractivity contribution in [3.05, 3.63) is 35.1 Å². The maximum absolute atomic E-state index is 2.29. The van der Waals surface area contributed by atoms with Crippen molar-refractivity contribution in [2.24, 2.45) is 5.41 Å². The minimum Gasteiger partial charge on any atom is -0.381 e. The van der Waals surface area contributed by atoms with Crippen LogP contribution in [0.2, 0.25) is 0 Å². The normalized spacial score (nSPS) is 19.7. The van der Waals surface area contributed by atoms with Gasteiger partial charge in [-0.1, -0.05) is 32.9 Å². The maximum atomic E-state index is 2.29. The van der Waals surface area contributed by atoms with Gasteiger partial charge >= 0.3 is 0 Å². The maximum Gasteiger partial charge on any atom is 0.0169 e. The highest BCUT2D eigenvalue weighted by Crippen LogP contribution is 2.32. The zero-order valence-corrected chi connectivity index (χ0v) is 10.2. The summed E-state index contributed by atoms with van der Waals surface area (Å²) in [5, 5.41) is 0. The van der Waals surface area contributed by atoms with E-state index < -0.39 is 0 Å². The molecular formula is C13H21N. The predicted molar refractivity (Wildman–Crippen MR) is 63.1 cm³/mol. The van der Waals surface area contributed by atoms with Gasteiger partial charge in [-0.3, -0.25) is 0 Å². The Morgan fingerprint density at radius 2 is 1.71 bits per heavy atom. The van der Waals surface area contributed by atoms with Crippen molar-refractivity contribution in [1.29, 1.82) is 0 Å². The molecule has 1 rings (SSSR count). The van der Waals surface area contributed by atoms with E-state index >= 15 is 0 Å². The molecule has 1 aliphatic rings. The lowest BCUT2D eigenvalue weighted by Crippen LogP contribution is -2.10. The van der Waals surface area contributed by atoms with Crippen molar-refractivity contribution in [3.63, 3.8) is 0 Å². The lowest BCUT2D eigenvalue weighted by Gasteiger charge is -2.18. The van der Waals surface area contributed by atoms with E-state index in [2.05, 4.69) is 64.9 Å². The zero-order chi connectivity index (χ0) is 10.9. The second-order valence-electron chi connectivity index (χ2n) is 5.12. The first kappa shape index (κ1) is 11.1. The van der Waals surface area contributed by atoms with Crippen LogP contribution in [0.3, 0.4) is 0 Å². The van der Waals surface area contributed by atoms with Gasteiger partial charge in [0.1, 0.15) is 0 Å². The molecule has 0 saturated carbocycles. The Kier molecular flexibility index (Phi) is 2.89. The van der Waals surface area contributed by atoms with E-state index in [1.807, 2.05) is 0 Å². The summed E-state index contributed by atoms with van der Waals surface area (Å²) in [4.78, 5) is 2.15. The third-order valence-electron chi connectivity index (χ3n) is 2.71. The molecule has 0 aromatic carbocycles. The number of hydrogen-bond donors (Lipinski definition) is 0. The van der Waals surface area contributed by atoms with Gasteiger partial charge in [0.15, 0.2) is 0 Å². The smallest absolute Gasteiger partial charge is 0.0169 e. The second-order valence-corrected chi connectivity index (χ2v) is 5.12. The highest BCUT2D eigenvalue weighted by atomic mass is 15.1. The molecule has 0 radical (unpaired) electrons. The molecule has 0 aromatic rings. The average Bonchev–Trinajstić information content (AvgIpc) is 2.49. The minimum absolute atomic E-state index is 0.255. The third-order valence-corrected chi connectivity index (χ3v) is 2.71. The molecule has 0 spiro atoms. The first-order valence-electron chi connectivity index (χ1n) is 5.11. The molecule has 0 saturated heterocycles. The van der Waals surface area contributed by atoms with Crippen LogP contribution in [0.4, 0.5) is 0 Å². The van der Waals surface area contributed by atoms with Crippen LogP contribution < -0.4 is 0 Å². The summed E-state index contributed by atoms with van der Waals surface area (Å²) in [5.41, 5.74) is 4.32. The molecule has 0 aromatic heterocycles. The summed E-state index contributed by atoms with van der Waals surface area (Å²) < 4.78 is 0. The van der Waals surface area contributed by atoms with E-state index in [9.17, 15) is 0 Å². The minimum atomic E-state index is 0.255. The molecule has 78 valence electrons. The van der Waals surface area contributed by atoms with Gasteiger partial charge < -0.3 is 4.90 Å². The van der Waals surface area contributed by atoms with Gasteiger partial charge in [0, 0.05) is 19.8 Å². The Balaban J connectivity index is 3.00. The average molecular weight is 191 g/mol. The van der Waals surface area contributed by atoms with Crippen molar-refractivity contribution in [3.8, 4) is 0 Å². The Bertz CT molecular complexity index is 309. The lowest BCUT2D eigenvalue weighted by atomic mass is 9.87. The molecular weight excluding hydrogens is 170 g/mol. The molecule has 0 unspecified atom stereocenters. The van der Waals surface area contributed by atoms with Gasteiger partial charge in [-0.2, -0.15) is 0 Å². The molecule has 1 heteroatoms. The fourth-order valence-corrected chi connectivity index (χ4v) is 1.39. The predicted octanol–water partition coefficient (Wildman–Crippen LogP) is 3.36. The van der Waals surface area contributed by atoms with E-state index in [0.29, 0.717) is 0 Å². The lowest BCUT2D eigenvalue weighted by molar-refractivity contribution is 0.508. The number of rotatable bonds is 1. The van der Waals surface area contributed by atoms with Crippen molar-refractivity contribution >= 4 is 0 Å². The van der Waals surface area contributed by atoms with Crippen LogP contribution in [-0.2, 0) is 0 Å². The van der Waals surface area contributed by atoms with E-state index in [0.717, 1.165) is 0 Å². The standard InChI is InChI=1S/C13H21N/c1-10(14(5)6)11-7-8-12(9-11)13(2,3)4/h7-9H,1-6H3/b11-10+. The molecule has 0 heterocycles. The summed E-state index contributed by atoms with van der Waals surface area (Å²) in [5.74, 6) is 0. The van der Waals surface area contributed by atoms with Crippen LogP contribution in [0.1, 0.15) is 27.7 Å². The molecule has 0 bridgehead atoms. The summed E-state index contributed by atoms with van der Waals surface area (Å²) in [6, 6.07) is 0. The Hall–Kier alpha value is -0.980. The number of allylic oxidation sites excluding steroid dienone is 6. The van der Waals surface area contributed by atoms with Crippen LogP contribution in [-0.4, -0.2) is 19.0 Å². The number of nitrogens with zero attached hydrogens (tertiary/aromatic N) is 1. The summed E-state index contributed by atoms with van der Waals surface area (Å²) >= 11 is 0. The SMILES string of the molecule is C/C(=C1/C=CC(C(C)(C)C)=C1)N(C)C. The molecule has 0 N–H and O–H groups in total. The van der Waals surface area contributed by atoms with Gasteiger partial charge in [0.05, 0.1) is 0 Å². The van der Waals surface area contributed by atoms with E-state index in [1.165, 1.54) is 16.8 Å². The highest BCUT2D eigenvalue weighted by molar-refractivity contribution is 5.49.